The molecule has 0 amide bonds. The Morgan fingerprint density at radius 2 is 1.74 bits per heavy atom. The molecule has 0 saturated carbocycles. The van der Waals surface area contributed by atoms with Crippen LogP contribution in [-0.2, 0) is 17.6 Å². The number of hydrogen-bond acceptors (Lipinski definition) is 4. The summed E-state index contributed by atoms with van der Waals surface area (Å²) in [5.41, 5.74) is 3.61. The van der Waals surface area contributed by atoms with Crippen molar-refractivity contribution in [1.82, 2.24) is 15.3 Å². The van der Waals surface area contributed by atoms with Crippen molar-refractivity contribution < 1.29 is 4.74 Å². The molecule has 1 rings (SSSR count). The van der Waals surface area contributed by atoms with Gasteiger partial charge in [-0.05, 0) is 45.2 Å². The first-order valence-electron chi connectivity index (χ1n) is 7.21. The molecule has 19 heavy (non-hydrogen) atoms. The predicted molar refractivity (Wildman–Crippen MR) is 78.6 cm³/mol. The van der Waals surface area contributed by atoms with Gasteiger partial charge in [0.15, 0.2) is 0 Å². The van der Waals surface area contributed by atoms with Gasteiger partial charge in [-0.3, -0.25) is 0 Å². The number of aromatic nitrogens is 2. The van der Waals surface area contributed by atoms with Gasteiger partial charge in [-0.25, -0.2) is 9.97 Å². The zero-order chi connectivity index (χ0) is 14.1. The summed E-state index contributed by atoms with van der Waals surface area (Å²) in [7, 11) is 1.73. The van der Waals surface area contributed by atoms with Crippen molar-refractivity contribution in [3.8, 4) is 0 Å². The Labute approximate surface area is 117 Å². The molecule has 0 bridgehead atoms. The number of rotatable bonds is 9. The Kier molecular flexibility index (Phi) is 7.60. The molecule has 0 unspecified atom stereocenters. The highest BCUT2D eigenvalue weighted by molar-refractivity contribution is 5.24. The molecule has 1 aromatic rings. The Hall–Kier alpha value is -1.00. The van der Waals surface area contributed by atoms with E-state index >= 15 is 0 Å². The van der Waals surface area contributed by atoms with E-state index in [9.17, 15) is 0 Å². The number of nitrogens with one attached hydrogen (secondary N) is 1. The second kappa shape index (κ2) is 8.99. The van der Waals surface area contributed by atoms with Gasteiger partial charge < -0.3 is 10.1 Å². The van der Waals surface area contributed by atoms with Crippen LogP contribution < -0.4 is 5.32 Å². The molecule has 0 saturated heterocycles. The first-order chi connectivity index (χ1) is 9.19. The highest BCUT2D eigenvalue weighted by Gasteiger charge is 2.07. The van der Waals surface area contributed by atoms with Gasteiger partial charge in [0, 0.05) is 31.5 Å². The van der Waals surface area contributed by atoms with Crippen molar-refractivity contribution in [2.24, 2.45) is 0 Å². The first kappa shape index (κ1) is 16.1. The maximum Gasteiger partial charge on any atom is 0.128 e. The van der Waals surface area contributed by atoms with Crippen LogP contribution in [0.3, 0.4) is 0 Å². The summed E-state index contributed by atoms with van der Waals surface area (Å²) in [5.74, 6) is 0.986. The third-order valence-electron chi connectivity index (χ3n) is 3.20. The van der Waals surface area contributed by atoms with E-state index in [4.69, 9.17) is 4.74 Å². The second-order valence-corrected chi connectivity index (χ2v) is 4.89. The number of ether oxygens (including phenoxy) is 1. The Morgan fingerprint density at radius 3 is 2.32 bits per heavy atom. The molecule has 4 heteroatoms. The zero-order valence-corrected chi connectivity index (χ0v) is 12.8. The number of hydrogen-bond donors (Lipinski definition) is 1. The van der Waals surface area contributed by atoms with Crippen molar-refractivity contribution >= 4 is 0 Å². The topological polar surface area (TPSA) is 47.0 Å². The quantitative estimate of drug-likeness (QED) is 0.695. The molecule has 0 radical (unpaired) electrons. The van der Waals surface area contributed by atoms with E-state index < -0.39 is 0 Å². The van der Waals surface area contributed by atoms with Crippen LogP contribution in [0.2, 0.25) is 0 Å². The number of aryl methyl sites for hydroxylation is 3. The van der Waals surface area contributed by atoms with Crippen LogP contribution in [0.1, 0.15) is 42.5 Å². The standard InChI is InChI=1S/C15H27N3O/c1-5-7-15-17-12(2)14(13(3)18-15)8-6-9-16-10-11-19-4/h16H,5-11H2,1-4H3. The summed E-state index contributed by atoms with van der Waals surface area (Å²) < 4.78 is 5.00. The maximum absolute atomic E-state index is 5.00. The van der Waals surface area contributed by atoms with Crippen LogP contribution in [0, 0.1) is 13.8 Å². The highest BCUT2D eigenvalue weighted by Crippen LogP contribution is 2.13. The molecule has 108 valence electrons. The largest absolute Gasteiger partial charge is 0.383 e. The lowest BCUT2D eigenvalue weighted by molar-refractivity contribution is 0.199. The summed E-state index contributed by atoms with van der Waals surface area (Å²) in [6, 6.07) is 0. The van der Waals surface area contributed by atoms with Crippen LogP contribution >= 0.6 is 0 Å². The lowest BCUT2D eigenvalue weighted by atomic mass is 10.1. The lowest BCUT2D eigenvalue weighted by Crippen LogP contribution is -2.21. The monoisotopic (exact) mass is 265 g/mol. The van der Waals surface area contributed by atoms with Crippen LogP contribution in [0.5, 0.6) is 0 Å². The molecule has 1 N–H and O–H groups in total. The molecule has 1 aromatic heterocycles. The van der Waals surface area contributed by atoms with Crippen molar-refractivity contribution in [2.45, 2.75) is 46.5 Å². The zero-order valence-electron chi connectivity index (χ0n) is 12.8. The molecule has 0 fully saturated rings. The molecule has 0 spiro atoms. The summed E-state index contributed by atoms with van der Waals surface area (Å²) in [4.78, 5) is 9.20. The van der Waals surface area contributed by atoms with E-state index in [0.717, 1.165) is 62.6 Å². The van der Waals surface area contributed by atoms with Gasteiger partial charge in [0.1, 0.15) is 5.82 Å². The van der Waals surface area contributed by atoms with E-state index in [1.54, 1.807) is 7.11 Å². The highest BCUT2D eigenvalue weighted by atomic mass is 16.5. The maximum atomic E-state index is 5.00. The first-order valence-corrected chi connectivity index (χ1v) is 7.21. The lowest BCUT2D eigenvalue weighted by Gasteiger charge is -2.11. The van der Waals surface area contributed by atoms with Crippen molar-refractivity contribution in [2.75, 3.05) is 26.8 Å². The Balaban J connectivity index is 2.45. The second-order valence-electron chi connectivity index (χ2n) is 4.89. The fourth-order valence-electron chi connectivity index (χ4n) is 2.20. The van der Waals surface area contributed by atoms with Crippen LogP contribution in [-0.4, -0.2) is 36.8 Å². The molecule has 0 aliphatic carbocycles. The van der Waals surface area contributed by atoms with Gasteiger partial charge in [0.25, 0.3) is 0 Å². The molecule has 0 aliphatic rings. The molecular weight excluding hydrogens is 238 g/mol. The fourth-order valence-corrected chi connectivity index (χ4v) is 2.20. The third-order valence-corrected chi connectivity index (χ3v) is 3.20. The van der Waals surface area contributed by atoms with E-state index in [1.807, 2.05) is 0 Å². The van der Waals surface area contributed by atoms with E-state index in [1.165, 1.54) is 5.56 Å². The predicted octanol–water partition coefficient (Wildman–Crippen LogP) is 2.21. The van der Waals surface area contributed by atoms with Crippen molar-refractivity contribution in [3.63, 3.8) is 0 Å². The Bertz CT molecular complexity index is 357. The summed E-state index contributed by atoms with van der Waals surface area (Å²) in [5, 5.41) is 3.36. The summed E-state index contributed by atoms with van der Waals surface area (Å²) in [6.45, 7) is 9.06. The van der Waals surface area contributed by atoms with E-state index in [0.29, 0.717) is 0 Å². The average Bonchev–Trinajstić information content (AvgIpc) is 2.36. The van der Waals surface area contributed by atoms with Crippen molar-refractivity contribution in [1.29, 1.82) is 0 Å². The minimum atomic E-state index is 0.771. The minimum Gasteiger partial charge on any atom is -0.383 e. The van der Waals surface area contributed by atoms with E-state index in [2.05, 4.69) is 36.1 Å². The van der Waals surface area contributed by atoms with Gasteiger partial charge in [-0.2, -0.15) is 0 Å². The SMILES string of the molecule is CCCc1nc(C)c(CCCNCCOC)c(C)n1. The molecule has 0 aromatic carbocycles. The molecular formula is C15H27N3O. The normalized spacial score (nSPS) is 10.9. The van der Waals surface area contributed by atoms with Crippen LogP contribution in [0.25, 0.3) is 0 Å². The summed E-state index contributed by atoms with van der Waals surface area (Å²) >= 11 is 0. The molecule has 1 heterocycles. The van der Waals surface area contributed by atoms with Gasteiger partial charge in [0.2, 0.25) is 0 Å². The summed E-state index contributed by atoms with van der Waals surface area (Å²) in [6.07, 6.45) is 4.23. The third kappa shape index (κ3) is 5.66. The van der Waals surface area contributed by atoms with Crippen molar-refractivity contribution in [3.05, 3.63) is 22.8 Å². The Morgan fingerprint density at radius 1 is 1.05 bits per heavy atom. The van der Waals surface area contributed by atoms with Crippen LogP contribution in [0.4, 0.5) is 0 Å². The smallest absolute Gasteiger partial charge is 0.128 e. The van der Waals surface area contributed by atoms with Crippen LogP contribution in [0.15, 0.2) is 0 Å². The van der Waals surface area contributed by atoms with Gasteiger partial charge in [-0.1, -0.05) is 6.92 Å². The minimum absolute atomic E-state index is 0.771. The number of nitrogens with zero attached hydrogens (tertiary/aromatic N) is 2. The molecule has 4 nitrogen and oxygen atoms in total. The number of methoxy groups -OCH3 is 1. The molecule has 0 aliphatic heterocycles. The fraction of sp³-hybridized carbons (Fsp3) is 0.733. The molecule has 0 atom stereocenters. The van der Waals surface area contributed by atoms with E-state index in [-0.39, 0.29) is 0 Å². The van der Waals surface area contributed by atoms with Gasteiger partial charge in [-0.15, -0.1) is 0 Å². The van der Waals surface area contributed by atoms with Gasteiger partial charge >= 0.3 is 0 Å². The van der Waals surface area contributed by atoms with Gasteiger partial charge in [0.05, 0.1) is 6.61 Å². The average molecular weight is 265 g/mol.